The van der Waals surface area contributed by atoms with Crippen molar-refractivity contribution < 1.29 is 9.90 Å². The van der Waals surface area contributed by atoms with Crippen LogP contribution in [-0.2, 0) is 4.79 Å². The number of carbonyl (C=O) groups is 1. The Morgan fingerprint density at radius 1 is 1.15 bits per heavy atom. The maximum Gasteiger partial charge on any atom is 0.168 e. The van der Waals surface area contributed by atoms with E-state index in [0.717, 1.165) is 31.5 Å². The third-order valence-electron chi connectivity index (χ3n) is 2.57. The molecule has 1 heterocycles. The first kappa shape index (κ1) is 8.48. The predicted octanol–water partition coefficient (Wildman–Crippen LogP) is 1.79. The van der Waals surface area contributed by atoms with Crippen molar-refractivity contribution in [2.45, 2.75) is 32.1 Å². The number of allylic oxidation sites excluding steroid dienone is 2. The number of hydrogen-bond donors (Lipinski definition) is 1. The van der Waals surface area contributed by atoms with E-state index in [1.807, 2.05) is 0 Å². The number of rotatable bonds is 1. The quantitative estimate of drug-likeness (QED) is 0.667. The third-order valence-corrected chi connectivity index (χ3v) is 2.57. The molecule has 13 heavy (non-hydrogen) atoms. The van der Waals surface area contributed by atoms with Gasteiger partial charge in [0.1, 0.15) is 5.76 Å². The highest BCUT2D eigenvalue weighted by Gasteiger charge is 2.27. The minimum absolute atomic E-state index is 0.0677. The van der Waals surface area contributed by atoms with Gasteiger partial charge in [-0.15, -0.1) is 0 Å². The van der Waals surface area contributed by atoms with Crippen LogP contribution in [0.5, 0.6) is 0 Å². The Labute approximate surface area is 77.2 Å². The molecule has 1 aliphatic carbocycles. The van der Waals surface area contributed by atoms with Gasteiger partial charge in [-0.05, 0) is 19.3 Å². The average Bonchev–Trinajstić information content (AvgIpc) is 2.48. The molecule has 3 heteroatoms. The largest absolute Gasteiger partial charge is 0.511 e. The smallest absolute Gasteiger partial charge is 0.168 e. The van der Waals surface area contributed by atoms with Crippen LogP contribution in [-0.4, -0.2) is 23.1 Å². The minimum atomic E-state index is 0.0677. The molecular weight excluding hydrogens is 166 g/mol. The second kappa shape index (κ2) is 3.32. The maximum absolute atomic E-state index is 11.4. The van der Waals surface area contributed by atoms with Crippen LogP contribution >= 0.6 is 0 Å². The lowest BCUT2D eigenvalue weighted by Gasteiger charge is -2.11. The van der Waals surface area contributed by atoms with Gasteiger partial charge in [-0.2, -0.15) is 0 Å². The zero-order chi connectivity index (χ0) is 9.26. The van der Waals surface area contributed by atoms with Crippen molar-refractivity contribution in [3.63, 3.8) is 0 Å². The van der Waals surface area contributed by atoms with Gasteiger partial charge in [0.25, 0.3) is 0 Å². The monoisotopic (exact) mass is 179 g/mol. The predicted molar refractivity (Wildman–Crippen MR) is 50.0 cm³/mol. The summed E-state index contributed by atoms with van der Waals surface area (Å²) in [4.78, 5) is 15.7. The fourth-order valence-corrected chi connectivity index (χ4v) is 1.87. The molecule has 70 valence electrons. The molecule has 0 saturated carbocycles. The van der Waals surface area contributed by atoms with Gasteiger partial charge in [0.2, 0.25) is 0 Å². The van der Waals surface area contributed by atoms with Crippen LogP contribution in [0.3, 0.4) is 0 Å². The first-order valence-electron chi connectivity index (χ1n) is 4.78. The van der Waals surface area contributed by atoms with Crippen molar-refractivity contribution in [3.8, 4) is 0 Å². The number of hydrogen-bond acceptors (Lipinski definition) is 3. The van der Waals surface area contributed by atoms with Gasteiger partial charge in [-0.1, -0.05) is 0 Å². The topological polar surface area (TPSA) is 49.7 Å². The molecule has 2 aliphatic rings. The molecule has 0 unspecified atom stereocenters. The van der Waals surface area contributed by atoms with E-state index >= 15 is 0 Å². The SMILES string of the molecule is O=C1CCC(O)=C1C1=NCCCC1. The van der Waals surface area contributed by atoms with Crippen molar-refractivity contribution in [1.82, 2.24) is 0 Å². The molecule has 0 bridgehead atoms. The molecule has 2 rings (SSSR count). The molecule has 0 amide bonds. The Balaban J connectivity index is 2.28. The van der Waals surface area contributed by atoms with E-state index in [1.54, 1.807) is 0 Å². The average molecular weight is 179 g/mol. The lowest BCUT2D eigenvalue weighted by molar-refractivity contribution is -0.114. The number of ketones is 1. The molecule has 0 aromatic carbocycles. The Morgan fingerprint density at radius 2 is 2.00 bits per heavy atom. The van der Waals surface area contributed by atoms with Gasteiger partial charge in [0.15, 0.2) is 5.78 Å². The molecule has 1 aliphatic heterocycles. The van der Waals surface area contributed by atoms with Gasteiger partial charge in [0.05, 0.1) is 5.57 Å². The number of nitrogens with zero attached hydrogens (tertiary/aromatic N) is 1. The van der Waals surface area contributed by atoms with E-state index in [2.05, 4.69) is 4.99 Å². The Morgan fingerprint density at radius 3 is 2.54 bits per heavy atom. The summed E-state index contributed by atoms with van der Waals surface area (Å²) in [7, 11) is 0. The van der Waals surface area contributed by atoms with Crippen LogP contribution in [0.4, 0.5) is 0 Å². The number of carbonyl (C=O) groups excluding carboxylic acids is 1. The second-order valence-electron chi connectivity index (χ2n) is 3.53. The van der Waals surface area contributed by atoms with Crippen molar-refractivity contribution >= 4 is 11.5 Å². The molecule has 0 atom stereocenters. The fourth-order valence-electron chi connectivity index (χ4n) is 1.87. The van der Waals surface area contributed by atoms with Gasteiger partial charge >= 0.3 is 0 Å². The summed E-state index contributed by atoms with van der Waals surface area (Å²) in [6, 6.07) is 0. The lowest BCUT2D eigenvalue weighted by Crippen LogP contribution is -2.14. The molecular formula is C10H13NO2. The Hall–Kier alpha value is -1.12. The molecule has 0 aromatic rings. The van der Waals surface area contributed by atoms with Gasteiger partial charge in [-0.3, -0.25) is 9.79 Å². The molecule has 0 spiro atoms. The first-order valence-corrected chi connectivity index (χ1v) is 4.78. The highest BCUT2D eigenvalue weighted by atomic mass is 16.3. The highest BCUT2D eigenvalue weighted by Crippen LogP contribution is 2.25. The highest BCUT2D eigenvalue weighted by molar-refractivity contribution is 6.24. The van der Waals surface area contributed by atoms with E-state index < -0.39 is 0 Å². The number of aliphatic imine (C=N–C) groups is 1. The van der Waals surface area contributed by atoms with Crippen molar-refractivity contribution in [3.05, 3.63) is 11.3 Å². The van der Waals surface area contributed by atoms with E-state index in [4.69, 9.17) is 0 Å². The van der Waals surface area contributed by atoms with Crippen LogP contribution in [0, 0.1) is 0 Å². The molecule has 1 N–H and O–H groups in total. The van der Waals surface area contributed by atoms with Crippen molar-refractivity contribution in [2.24, 2.45) is 4.99 Å². The van der Waals surface area contributed by atoms with E-state index in [0.29, 0.717) is 18.4 Å². The van der Waals surface area contributed by atoms with Gasteiger partial charge in [0, 0.05) is 25.1 Å². The molecule has 0 radical (unpaired) electrons. The van der Waals surface area contributed by atoms with Crippen LogP contribution in [0.2, 0.25) is 0 Å². The third kappa shape index (κ3) is 1.50. The molecule has 0 fully saturated rings. The van der Waals surface area contributed by atoms with Gasteiger partial charge < -0.3 is 5.11 Å². The number of Topliss-reactive ketones (excluding diaryl/α,β-unsaturated/α-hetero) is 1. The standard InChI is InChI=1S/C10H13NO2/c12-8-4-5-9(13)10(8)7-3-1-2-6-11-7/h12H,1-6H2. The van der Waals surface area contributed by atoms with Crippen molar-refractivity contribution in [2.75, 3.05) is 6.54 Å². The lowest BCUT2D eigenvalue weighted by atomic mass is 10.0. The summed E-state index contributed by atoms with van der Waals surface area (Å²) in [5, 5.41) is 9.49. The molecule has 0 aromatic heterocycles. The summed E-state index contributed by atoms with van der Waals surface area (Å²) >= 11 is 0. The van der Waals surface area contributed by atoms with Crippen LogP contribution in [0.1, 0.15) is 32.1 Å². The fraction of sp³-hybridized carbons (Fsp3) is 0.600. The summed E-state index contributed by atoms with van der Waals surface area (Å²) in [5.41, 5.74) is 1.37. The Bertz CT molecular complexity index is 302. The number of aliphatic hydroxyl groups is 1. The van der Waals surface area contributed by atoms with Crippen LogP contribution in [0.25, 0.3) is 0 Å². The van der Waals surface area contributed by atoms with Gasteiger partial charge in [-0.25, -0.2) is 0 Å². The maximum atomic E-state index is 11.4. The molecule has 3 nitrogen and oxygen atoms in total. The second-order valence-corrected chi connectivity index (χ2v) is 3.53. The number of aliphatic hydroxyl groups excluding tert-OH is 1. The van der Waals surface area contributed by atoms with E-state index in [1.165, 1.54) is 0 Å². The summed E-state index contributed by atoms with van der Waals surface area (Å²) in [6.07, 6.45) is 4.01. The van der Waals surface area contributed by atoms with Crippen molar-refractivity contribution in [1.29, 1.82) is 0 Å². The molecule has 0 saturated heterocycles. The summed E-state index contributed by atoms with van der Waals surface area (Å²) in [6.45, 7) is 0.805. The minimum Gasteiger partial charge on any atom is -0.511 e. The van der Waals surface area contributed by atoms with E-state index in [-0.39, 0.29) is 11.5 Å². The summed E-state index contributed by atoms with van der Waals surface area (Å²) in [5.74, 6) is 0.323. The zero-order valence-electron chi connectivity index (χ0n) is 7.55. The zero-order valence-corrected chi connectivity index (χ0v) is 7.55. The summed E-state index contributed by atoms with van der Waals surface area (Å²) < 4.78 is 0. The Kier molecular flexibility index (Phi) is 2.17. The van der Waals surface area contributed by atoms with Crippen LogP contribution in [0.15, 0.2) is 16.3 Å². The van der Waals surface area contributed by atoms with E-state index in [9.17, 15) is 9.90 Å². The normalized spacial score (nSPS) is 23.7. The van der Waals surface area contributed by atoms with Crippen LogP contribution < -0.4 is 0 Å². The first-order chi connectivity index (χ1) is 6.29.